The SMILES string of the molecule is O=C(O)NCC1(COc2cnc(-c3ccc(Cl)cc3)c(-c3ccc(Cl)cc3)c2)CC1. The van der Waals surface area contributed by atoms with Crippen molar-refractivity contribution in [1.29, 1.82) is 0 Å². The molecular formula is C23H20Cl2N2O3. The van der Waals surface area contributed by atoms with Crippen LogP contribution in [0.25, 0.3) is 22.4 Å². The van der Waals surface area contributed by atoms with Crippen molar-refractivity contribution in [2.75, 3.05) is 13.2 Å². The number of pyridine rings is 1. The second kappa shape index (κ2) is 8.54. The minimum absolute atomic E-state index is 0.131. The molecule has 2 aromatic carbocycles. The zero-order valence-corrected chi connectivity index (χ0v) is 17.6. The summed E-state index contributed by atoms with van der Waals surface area (Å²) >= 11 is 12.1. The molecule has 7 heteroatoms. The van der Waals surface area contributed by atoms with E-state index in [-0.39, 0.29) is 5.41 Å². The maximum atomic E-state index is 10.8. The van der Waals surface area contributed by atoms with E-state index in [1.165, 1.54) is 0 Å². The fraction of sp³-hybridized carbons (Fsp3) is 0.217. The number of halogens is 2. The van der Waals surface area contributed by atoms with Gasteiger partial charge >= 0.3 is 6.09 Å². The van der Waals surface area contributed by atoms with Crippen LogP contribution in [0, 0.1) is 5.41 Å². The molecule has 1 fully saturated rings. The van der Waals surface area contributed by atoms with E-state index in [0.29, 0.717) is 28.9 Å². The number of ether oxygens (including phenoxy) is 1. The molecule has 1 aliphatic carbocycles. The van der Waals surface area contributed by atoms with Gasteiger partial charge in [-0.25, -0.2) is 4.79 Å². The van der Waals surface area contributed by atoms with Crippen molar-refractivity contribution in [1.82, 2.24) is 10.3 Å². The van der Waals surface area contributed by atoms with Crippen LogP contribution in [0.1, 0.15) is 12.8 Å². The topological polar surface area (TPSA) is 71.5 Å². The van der Waals surface area contributed by atoms with E-state index in [4.69, 9.17) is 33.0 Å². The summed E-state index contributed by atoms with van der Waals surface area (Å²) in [5, 5.41) is 12.6. The van der Waals surface area contributed by atoms with Gasteiger partial charge in [0.15, 0.2) is 0 Å². The molecule has 2 N–H and O–H groups in total. The quantitative estimate of drug-likeness (QED) is 0.460. The monoisotopic (exact) mass is 442 g/mol. The molecule has 1 amide bonds. The molecule has 0 saturated heterocycles. The molecule has 1 heterocycles. The first kappa shape index (κ1) is 20.5. The summed E-state index contributed by atoms with van der Waals surface area (Å²) < 4.78 is 6.02. The number of carboxylic acid groups (broad SMARTS) is 1. The molecule has 0 spiro atoms. The normalized spacial score (nSPS) is 14.2. The van der Waals surface area contributed by atoms with Gasteiger partial charge in [-0.1, -0.05) is 47.5 Å². The van der Waals surface area contributed by atoms with Crippen molar-refractivity contribution in [3.05, 3.63) is 70.8 Å². The van der Waals surface area contributed by atoms with Gasteiger partial charge in [0.1, 0.15) is 5.75 Å². The second-order valence-electron chi connectivity index (χ2n) is 7.53. The number of nitrogens with one attached hydrogen (secondary N) is 1. The number of aromatic nitrogens is 1. The van der Waals surface area contributed by atoms with E-state index in [1.54, 1.807) is 6.20 Å². The summed E-state index contributed by atoms with van der Waals surface area (Å²) in [4.78, 5) is 15.4. The highest BCUT2D eigenvalue weighted by Gasteiger charge is 2.43. The Morgan fingerprint density at radius 1 is 1.03 bits per heavy atom. The summed E-state index contributed by atoms with van der Waals surface area (Å²) in [6.07, 6.45) is 2.56. The minimum Gasteiger partial charge on any atom is -0.491 e. The molecule has 1 saturated carbocycles. The Hall–Kier alpha value is -2.76. The van der Waals surface area contributed by atoms with Gasteiger partial charge in [0.2, 0.25) is 0 Å². The maximum absolute atomic E-state index is 10.8. The number of hydrogen-bond donors (Lipinski definition) is 2. The number of carbonyl (C=O) groups is 1. The fourth-order valence-corrected chi connectivity index (χ4v) is 3.51. The highest BCUT2D eigenvalue weighted by Crippen LogP contribution is 2.45. The van der Waals surface area contributed by atoms with Crippen LogP contribution in [-0.4, -0.2) is 29.3 Å². The molecule has 0 bridgehead atoms. The van der Waals surface area contributed by atoms with E-state index >= 15 is 0 Å². The van der Waals surface area contributed by atoms with Crippen LogP contribution in [-0.2, 0) is 0 Å². The molecule has 3 aromatic rings. The van der Waals surface area contributed by atoms with Gasteiger partial charge in [0, 0.05) is 33.1 Å². The molecule has 30 heavy (non-hydrogen) atoms. The minimum atomic E-state index is -1.01. The highest BCUT2D eigenvalue weighted by molar-refractivity contribution is 6.31. The van der Waals surface area contributed by atoms with Crippen LogP contribution in [0.15, 0.2) is 60.8 Å². The van der Waals surface area contributed by atoms with Crippen LogP contribution >= 0.6 is 23.2 Å². The molecule has 154 valence electrons. The third-order valence-corrected chi connectivity index (χ3v) is 5.76. The first-order valence-electron chi connectivity index (χ1n) is 9.56. The number of nitrogens with zero attached hydrogens (tertiary/aromatic N) is 1. The van der Waals surface area contributed by atoms with E-state index in [0.717, 1.165) is 35.2 Å². The van der Waals surface area contributed by atoms with Gasteiger partial charge in [-0.15, -0.1) is 0 Å². The Balaban J connectivity index is 1.62. The van der Waals surface area contributed by atoms with Gasteiger partial charge in [-0.2, -0.15) is 0 Å². The van der Waals surface area contributed by atoms with E-state index in [2.05, 4.69) is 10.3 Å². The number of benzene rings is 2. The van der Waals surface area contributed by atoms with Crippen molar-refractivity contribution in [2.45, 2.75) is 12.8 Å². The van der Waals surface area contributed by atoms with Crippen LogP contribution < -0.4 is 10.1 Å². The van der Waals surface area contributed by atoms with Crippen molar-refractivity contribution in [3.63, 3.8) is 0 Å². The average molecular weight is 443 g/mol. The molecule has 1 aromatic heterocycles. The van der Waals surface area contributed by atoms with Crippen molar-refractivity contribution in [3.8, 4) is 28.1 Å². The molecular weight excluding hydrogens is 423 g/mol. The van der Waals surface area contributed by atoms with Crippen LogP contribution in [0.2, 0.25) is 10.0 Å². The summed E-state index contributed by atoms with van der Waals surface area (Å²) in [5.74, 6) is 0.638. The second-order valence-corrected chi connectivity index (χ2v) is 8.40. The Morgan fingerprint density at radius 3 is 2.20 bits per heavy atom. The summed E-state index contributed by atoms with van der Waals surface area (Å²) in [6.45, 7) is 0.831. The predicted molar refractivity (Wildman–Crippen MR) is 118 cm³/mol. The smallest absolute Gasteiger partial charge is 0.404 e. The molecule has 5 nitrogen and oxygen atoms in total. The van der Waals surface area contributed by atoms with Gasteiger partial charge in [0.25, 0.3) is 0 Å². The van der Waals surface area contributed by atoms with Gasteiger partial charge < -0.3 is 15.2 Å². The molecule has 0 atom stereocenters. The summed E-state index contributed by atoms with van der Waals surface area (Å²) in [5.41, 5.74) is 3.51. The molecule has 0 aliphatic heterocycles. The lowest BCUT2D eigenvalue weighted by Crippen LogP contribution is -2.31. The standard InChI is InChI=1S/C23H20Cl2N2O3/c24-17-5-1-15(2-6-17)20-11-19(30-14-23(9-10-23)13-27-22(28)29)12-26-21(20)16-3-7-18(25)8-4-16/h1-8,11-12,27H,9-10,13-14H2,(H,28,29). The first-order valence-corrected chi connectivity index (χ1v) is 10.3. The summed E-state index contributed by atoms with van der Waals surface area (Å²) in [7, 11) is 0. The van der Waals surface area contributed by atoms with Crippen LogP contribution in [0.4, 0.5) is 4.79 Å². The van der Waals surface area contributed by atoms with E-state index < -0.39 is 6.09 Å². The molecule has 1 aliphatic rings. The predicted octanol–water partition coefficient (Wildman–Crippen LogP) is 6.15. The van der Waals surface area contributed by atoms with E-state index in [1.807, 2.05) is 54.6 Å². The Morgan fingerprint density at radius 2 is 1.63 bits per heavy atom. The van der Waals surface area contributed by atoms with Crippen molar-refractivity contribution < 1.29 is 14.6 Å². The third-order valence-electron chi connectivity index (χ3n) is 5.25. The Bertz CT molecular complexity index is 1050. The maximum Gasteiger partial charge on any atom is 0.404 e. The van der Waals surface area contributed by atoms with Crippen molar-refractivity contribution >= 4 is 29.3 Å². The first-order chi connectivity index (χ1) is 14.4. The lowest BCUT2D eigenvalue weighted by molar-refractivity contribution is 0.184. The van der Waals surface area contributed by atoms with Crippen molar-refractivity contribution in [2.24, 2.45) is 5.41 Å². The summed E-state index contributed by atoms with van der Waals surface area (Å²) in [6, 6.07) is 17.1. The van der Waals surface area contributed by atoms with E-state index in [9.17, 15) is 4.79 Å². The average Bonchev–Trinajstić information content (AvgIpc) is 3.52. The molecule has 4 rings (SSSR count). The molecule has 0 unspecified atom stereocenters. The van der Waals surface area contributed by atoms with Crippen LogP contribution in [0.5, 0.6) is 5.75 Å². The fourth-order valence-electron chi connectivity index (χ4n) is 3.26. The lowest BCUT2D eigenvalue weighted by atomic mass is 9.99. The van der Waals surface area contributed by atoms with Gasteiger partial charge in [-0.05, 0) is 48.7 Å². The van der Waals surface area contributed by atoms with Gasteiger partial charge in [-0.3, -0.25) is 4.98 Å². The molecule has 0 radical (unpaired) electrons. The van der Waals surface area contributed by atoms with Gasteiger partial charge in [0.05, 0.1) is 18.5 Å². The zero-order chi connectivity index (χ0) is 21.1. The highest BCUT2D eigenvalue weighted by atomic mass is 35.5. The lowest BCUT2D eigenvalue weighted by Gasteiger charge is -2.17. The number of rotatable bonds is 7. The number of amides is 1. The Kier molecular flexibility index (Phi) is 5.84. The zero-order valence-electron chi connectivity index (χ0n) is 16.1. The van der Waals surface area contributed by atoms with Crippen LogP contribution in [0.3, 0.4) is 0 Å². The number of hydrogen-bond acceptors (Lipinski definition) is 3. The Labute approximate surface area is 184 Å². The largest absolute Gasteiger partial charge is 0.491 e. The third kappa shape index (κ3) is 4.86.